The summed E-state index contributed by atoms with van der Waals surface area (Å²) in [6.45, 7) is 8.07. The van der Waals surface area contributed by atoms with Crippen molar-refractivity contribution in [2.45, 2.75) is 64.5 Å². The molecule has 16 heavy (non-hydrogen) atoms. The smallest absolute Gasteiger partial charge is 0.120 e. The van der Waals surface area contributed by atoms with Gasteiger partial charge in [0.25, 0.3) is 0 Å². The molecule has 0 amide bonds. The van der Waals surface area contributed by atoms with Gasteiger partial charge in [-0.1, -0.05) is 31.6 Å². The number of hydrogen-bond acceptors (Lipinski definition) is 2. The molecule has 1 rings (SSSR count). The minimum Gasteiger partial charge on any atom is -0.378 e. The highest BCUT2D eigenvalue weighted by Crippen LogP contribution is 2.16. The summed E-state index contributed by atoms with van der Waals surface area (Å²) in [4.78, 5) is 2.47. The Hall–Kier alpha value is -0.520. The van der Waals surface area contributed by atoms with Crippen LogP contribution in [-0.2, 0) is 0 Å². The summed E-state index contributed by atoms with van der Waals surface area (Å²) in [6, 6.07) is 0.355. The topological polar surface area (TPSA) is 23.5 Å². The molecular formula is C14H25NO. The van der Waals surface area contributed by atoms with Crippen LogP contribution < -0.4 is 0 Å². The van der Waals surface area contributed by atoms with Crippen LogP contribution >= 0.6 is 0 Å². The van der Waals surface area contributed by atoms with Gasteiger partial charge in [0.15, 0.2) is 0 Å². The van der Waals surface area contributed by atoms with Crippen LogP contribution in [0.1, 0.15) is 52.9 Å². The molecule has 1 aliphatic rings. The van der Waals surface area contributed by atoms with Crippen molar-refractivity contribution in [1.82, 2.24) is 4.90 Å². The van der Waals surface area contributed by atoms with Gasteiger partial charge in [-0.15, -0.1) is 0 Å². The van der Waals surface area contributed by atoms with Crippen LogP contribution in [0.4, 0.5) is 0 Å². The standard InChI is InChI=1S/C14H25NO/c1-4-5-8-13(9-10-14(2,3)16)15-11-6-7-12-15/h13,16H,4-8,11-12H2,1-3H3/t13-/m0/s1. The van der Waals surface area contributed by atoms with Crippen molar-refractivity contribution in [3.8, 4) is 11.8 Å². The molecule has 0 unspecified atom stereocenters. The molecule has 1 heterocycles. The normalized spacial score (nSPS) is 19.2. The number of likely N-dealkylation sites (tertiary alicyclic amines) is 1. The molecule has 1 atom stereocenters. The molecule has 0 aromatic carbocycles. The summed E-state index contributed by atoms with van der Waals surface area (Å²) in [5.41, 5.74) is -0.857. The molecule has 2 nitrogen and oxygen atoms in total. The number of aliphatic hydroxyl groups is 1. The van der Waals surface area contributed by atoms with E-state index in [1.165, 1.54) is 38.8 Å². The van der Waals surface area contributed by atoms with Crippen molar-refractivity contribution in [1.29, 1.82) is 0 Å². The second kappa shape index (κ2) is 6.27. The highest BCUT2D eigenvalue weighted by Gasteiger charge is 2.20. The van der Waals surface area contributed by atoms with E-state index in [9.17, 15) is 5.11 Å². The predicted molar refractivity (Wildman–Crippen MR) is 68.2 cm³/mol. The summed E-state index contributed by atoms with van der Waals surface area (Å²) < 4.78 is 0. The van der Waals surface area contributed by atoms with E-state index in [1.54, 1.807) is 13.8 Å². The van der Waals surface area contributed by atoms with E-state index in [4.69, 9.17) is 0 Å². The molecule has 0 bridgehead atoms. The molecular weight excluding hydrogens is 198 g/mol. The van der Waals surface area contributed by atoms with Gasteiger partial charge in [0, 0.05) is 0 Å². The van der Waals surface area contributed by atoms with Crippen LogP contribution in [-0.4, -0.2) is 34.7 Å². The van der Waals surface area contributed by atoms with E-state index >= 15 is 0 Å². The summed E-state index contributed by atoms with van der Waals surface area (Å²) in [5, 5.41) is 9.64. The first-order valence-electron chi connectivity index (χ1n) is 6.52. The van der Waals surface area contributed by atoms with E-state index in [0.29, 0.717) is 6.04 Å². The van der Waals surface area contributed by atoms with Gasteiger partial charge in [0.1, 0.15) is 5.60 Å². The average molecular weight is 223 g/mol. The minimum atomic E-state index is -0.857. The third-order valence-electron chi connectivity index (χ3n) is 2.96. The Bertz CT molecular complexity index is 250. The first-order valence-corrected chi connectivity index (χ1v) is 6.52. The first-order chi connectivity index (χ1) is 7.53. The Labute approximate surface area is 100 Å². The van der Waals surface area contributed by atoms with Gasteiger partial charge < -0.3 is 5.11 Å². The van der Waals surface area contributed by atoms with Gasteiger partial charge in [-0.2, -0.15) is 0 Å². The molecule has 1 saturated heterocycles. The van der Waals surface area contributed by atoms with Gasteiger partial charge >= 0.3 is 0 Å². The predicted octanol–water partition coefficient (Wildman–Crippen LogP) is 2.42. The highest BCUT2D eigenvalue weighted by molar-refractivity contribution is 5.15. The number of nitrogens with zero attached hydrogens (tertiary/aromatic N) is 1. The van der Waals surface area contributed by atoms with E-state index in [1.807, 2.05) is 0 Å². The van der Waals surface area contributed by atoms with Crippen molar-refractivity contribution in [3.05, 3.63) is 0 Å². The molecule has 1 aliphatic heterocycles. The first kappa shape index (κ1) is 13.5. The van der Waals surface area contributed by atoms with Gasteiger partial charge in [0.05, 0.1) is 6.04 Å². The largest absolute Gasteiger partial charge is 0.378 e. The lowest BCUT2D eigenvalue weighted by molar-refractivity contribution is 0.143. The van der Waals surface area contributed by atoms with Gasteiger partial charge in [-0.05, 0) is 46.2 Å². The van der Waals surface area contributed by atoms with Gasteiger partial charge in [0.2, 0.25) is 0 Å². The van der Waals surface area contributed by atoms with Crippen molar-refractivity contribution in [2.75, 3.05) is 13.1 Å². The van der Waals surface area contributed by atoms with Crippen LogP contribution in [0.2, 0.25) is 0 Å². The Morgan fingerprint density at radius 2 is 1.94 bits per heavy atom. The number of unbranched alkanes of at least 4 members (excludes halogenated alkanes) is 1. The number of hydrogen-bond donors (Lipinski definition) is 1. The third-order valence-corrected chi connectivity index (χ3v) is 2.96. The van der Waals surface area contributed by atoms with Crippen LogP contribution in [0.5, 0.6) is 0 Å². The molecule has 2 heteroatoms. The zero-order valence-corrected chi connectivity index (χ0v) is 10.9. The molecule has 1 fully saturated rings. The van der Waals surface area contributed by atoms with Gasteiger partial charge in [-0.3, -0.25) is 4.90 Å². The second-order valence-electron chi connectivity index (χ2n) is 5.23. The molecule has 0 saturated carbocycles. The van der Waals surface area contributed by atoms with E-state index in [0.717, 1.165) is 6.42 Å². The summed E-state index contributed by atoms with van der Waals surface area (Å²) >= 11 is 0. The van der Waals surface area contributed by atoms with Crippen molar-refractivity contribution < 1.29 is 5.11 Å². The zero-order chi connectivity index (χ0) is 12.0. The lowest BCUT2D eigenvalue weighted by Gasteiger charge is -2.23. The molecule has 0 aromatic heterocycles. The van der Waals surface area contributed by atoms with E-state index in [-0.39, 0.29) is 0 Å². The molecule has 0 spiro atoms. The fourth-order valence-electron chi connectivity index (χ4n) is 2.06. The second-order valence-corrected chi connectivity index (χ2v) is 5.23. The zero-order valence-electron chi connectivity index (χ0n) is 10.9. The fourth-order valence-corrected chi connectivity index (χ4v) is 2.06. The maximum atomic E-state index is 9.64. The monoisotopic (exact) mass is 223 g/mol. The Morgan fingerprint density at radius 3 is 2.44 bits per heavy atom. The van der Waals surface area contributed by atoms with Crippen LogP contribution in [0, 0.1) is 11.8 Å². The summed E-state index contributed by atoms with van der Waals surface area (Å²) in [6.07, 6.45) is 6.18. The SMILES string of the molecule is CCCC[C@@H](C#CC(C)(C)O)N1CCCC1. The van der Waals surface area contributed by atoms with Crippen molar-refractivity contribution in [2.24, 2.45) is 0 Å². The maximum absolute atomic E-state index is 9.64. The van der Waals surface area contributed by atoms with Crippen molar-refractivity contribution in [3.63, 3.8) is 0 Å². The lowest BCUT2D eigenvalue weighted by Crippen LogP contribution is -2.32. The van der Waals surface area contributed by atoms with E-state index in [2.05, 4.69) is 23.7 Å². The summed E-state index contributed by atoms with van der Waals surface area (Å²) in [7, 11) is 0. The molecule has 1 N–H and O–H groups in total. The lowest BCUT2D eigenvalue weighted by atomic mass is 10.1. The Morgan fingerprint density at radius 1 is 1.31 bits per heavy atom. The average Bonchev–Trinajstić information content (AvgIpc) is 2.69. The maximum Gasteiger partial charge on any atom is 0.120 e. The molecule has 92 valence electrons. The third kappa shape index (κ3) is 5.01. The van der Waals surface area contributed by atoms with Crippen LogP contribution in [0.25, 0.3) is 0 Å². The molecule has 0 aromatic rings. The molecule has 0 aliphatic carbocycles. The van der Waals surface area contributed by atoms with Crippen LogP contribution in [0.15, 0.2) is 0 Å². The Balaban J connectivity index is 2.58. The Kier molecular flexibility index (Phi) is 5.31. The fraction of sp³-hybridized carbons (Fsp3) is 0.857. The quantitative estimate of drug-likeness (QED) is 0.740. The minimum absolute atomic E-state index is 0.355. The van der Waals surface area contributed by atoms with E-state index < -0.39 is 5.60 Å². The highest BCUT2D eigenvalue weighted by atomic mass is 16.3. The van der Waals surface area contributed by atoms with Gasteiger partial charge in [-0.25, -0.2) is 0 Å². The number of rotatable bonds is 4. The molecule has 0 radical (unpaired) electrons. The summed E-state index contributed by atoms with van der Waals surface area (Å²) in [5.74, 6) is 6.23. The van der Waals surface area contributed by atoms with Crippen molar-refractivity contribution >= 4 is 0 Å². The van der Waals surface area contributed by atoms with Crippen LogP contribution in [0.3, 0.4) is 0 Å².